The molecule has 2 N–H and O–H groups in total. The van der Waals surface area contributed by atoms with E-state index in [1.807, 2.05) is 26.1 Å². The van der Waals surface area contributed by atoms with E-state index in [0.29, 0.717) is 48.2 Å². The van der Waals surface area contributed by atoms with Gasteiger partial charge in [-0.15, -0.1) is 10.2 Å². The van der Waals surface area contributed by atoms with Gasteiger partial charge in [0.1, 0.15) is 18.0 Å². The zero-order chi connectivity index (χ0) is 24.1. The Bertz CT molecular complexity index is 1130. The molecular weight excluding hydrogens is 438 g/mol. The first-order valence-corrected chi connectivity index (χ1v) is 11.7. The molecule has 0 amide bonds. The molecule has 0 bridgehead atoms. The number of hydrogen-bond donors (Lipinski definition) is 2. The van der Waals surface area contributed by atoms with Crippen LogP contribution in [0.25, 0.3) is 11.4 Å². The van der Waals surface area contributed by atoms with E-state index in [9.17, 15) is 9.90 Å². The van der Waals surface area contributed by atoms with Crippen LogP contribution in [0.4, 0.5) is 5.95 Å². The number of carboxylic acid groups (broad SMARTS) is 1. The number of nitrogens with one attached hydrogen (secondary N) is 1. The number of unbranched alkanes of at least 4 members (excludes halogenated alkanes) is 1. The molecular formula is C22H31N9O3. The lowest BCUT2D eigenvalue weighted by molar-refractivity contribution is -0.143. The zero-order valence-corrected chi connectivity index (χ0v) is 19.8. The van der Waals surface area contributed by atoms with Gasteiger partial charge in [0.25, 0.3) is 5.95 Å². The smallest absolute Gasteiger partial charge is 0.306 e. The summed E-state index contributed by atoms with van der Waals surface area (Å²) < 4.78 is 7.80. The van der Waals surface area contributed by atoms with Crippen molar-refractivity contribution in [1.29, 1.82) is 0 Å². The van der Waals surface area contributed by atoms with Crippen molar-refractivity contribution in [3.8, 4) is 17.1 Å². The first-order valence-electron chi connectivity index (χ1n) is 11.7. The molecule has 0 aliphatic heterocycles. The van der Waals surface area contributed by atoms with Crippen molar-refractivity contribution in [2.75, 3.05) is 11.9 Å². The Balaban J connectivity index is 1.47. The normalized spacial score (nSPS) is 18.1. The summed E-state index contributed by atoms with van der Waals surface area (Å²) in [5.41, 5.74) is 2.82. The van der Waals surface area contributed by atoms with Crippen molar-refractivity contribution in [3.05, 3.63) is 23.5 Å². The first-order chi connectivity index (χ1) is 16.4. The van der Waals surface area contributed by atoms with E-state index in [2.05, 4.69) is 38.0 Å². The van der Waals surface area contributed by atoms with E-state index in [4.69, 9.17) is 9.72 Å². The monoisotopic (exact) mass is 469 g/mol. The molecule has 34 heavy (non-hydrogen) atoms. The molecule has 1 fully saturated rings. The van der Waals surface area contributed by atoms with Crippen LogP contribution in [-0.4, -0.2) is 63.9 Å². The molecule has 3 aromatic heterocycles. The molecule has 4 rings (SSSR count). The van der Waals surface area contributed by atoms with Gasteiger partial charge in [-0.05, 0) is 56.4 Å². The van der Waals surface area contributed by atoms with Gasteiger partial charge in [0, 0.05) is 13.6 Å². The number of carboxylic acids is 1. The molecule has 3 heterocycles. The molecule has 12 nitrogen and oxygen atoms in total. The maximum atomic E-state index is 11.3. The zero-order valence-electron chi connectivity index (χ0n) is 19.8. The molecule has 182 valence electrons. The van der Waals surface area contributed by atoms with E-state index in [1.54, 1.807) is 4.68 Å². The highest BCUT2D eigenvalue weighted by Crippen LogP contribution is 2.30. The van der Waals surface area contributed by atoms with Gasteiger partial charge in [-0.3, -0.25) is 4.79 Å². The molecule has 3 aromatic rings. The number of carbonyl (C=O) groups is 1. The van der Waals surface area contributed by atoms with E-state index >= 15 is 0 Å². The predicted molar refractivity (Wildman–Crippen MR) is 123 cm³/mol. The van der Waals surface area contributed by atoms with Crippen LogP contribution < -0.4 is 10.1 Å². The minimum atomic E-state index is -0.751. The number of anilines is 1. The number of aliphatic carboxylic acids is 1. The van der Waals surface area contributed by atoms with E-state index in [0.717, 1.165) is 37.9 Å². The van der Waals surface area contributed by atoms with Gasteiger partial charge in [0.05, 0.1) is 29.1 Å². The number of tetrazole rings is 1. The SMILES string of the molecule is CCCCNc1nnn(Cc2c(-c3ccc(O[C@H]4CCC[C@H](C(=O)O)C4)c(C)n3)nnn2C)n1. The quantitative estimate of drug-likeness (QED) is 0.424. The fraction of sp³-hybridized carbons (Fsp3) is 0.591. The number of aryl methyl sites for hydroxylation is 2. The Kier molecular flexibility index (Phi) is 7.33. The van der Waals surface area contributed by atoms with Crippen LogP contribution in [0.15, 0.2) is 12.1 Å². The second-order valence-electron chi connectivity index (χ2n) is 8.65. The molecule has 1 aliphatic rings. The Morgan fingerprint density at radius 1 is 1.26 bits per heavy atom. The Morgan fingerprint density at radius 2 is 2.12 bits per heavy atom. The fourth-order valence-electron chi connectivity index (χ4n) is 4.11. The van der Waals surface area contributed by atoms with Crippen LogP contribution in [0.5, 0.6) is 5.75 Å². The highest BCUT2D eigenvalue weighted by molar-refractivity contribution is 5.70. The first kappa shape index (κ1) is 23.6. The number of pyridine rings is 1. The summed E-state index contributed by atoms with van der Waals surface area (Å²) in [5, 5.41) is 33.5. The number of aromatic nitrogens is 8. The van der Waals surface area contributed by atoms with Gasteiger partial charge in [-0.25, -0.2) is 9.67 Å². The third-order valence-corrected chi connectivity index (χ3v) is 6.05. The maximum absolute atomic E-state index is 11.3. The van der Waals surface area contributed by atoms with Crippen molar-refractivity contribution in [3.63, 3.8) is 0 Å². The summed E-state index contributed by atoms with van der Waals surface area (Å²) in [6.45, 7) is 5.15. The second-order valence-corrected chi connectivity index (χ2v) is 8.65. The Labute approximate surface area is 197 Å². The van der Waals surface area contributed by atoms with E-state index < -0.39 is 5.97 Å². The average molecular weight is 470 g/mol. The molecule has 1 aliphatic carbocycles. The third-order valence-electron chi connectivity index (χ3n) is 6.05. The van der Waals surface area contributed by atoms with Gasteiger partial charge < -0.3 is 15.2 Å². The minimum absolute atomic E-state index is 0.119. The summed E-state index contributed by atoms with van der Waals surface area (Å²) in [6.07, 6.45) is 4.93. The summed E-state index contributed by atoms with van der Waals surface area (Å²) in [4.78, 5) is 17.5. The highest BCUT2D eigenvalue weighted by atomic mass is 16.5. The van der Waals surface area contributed by atoms with Crippen LogP contribution in [0.3, 0.4) is 0 Å². The van der Waals surface area contributed by atoms with Crippen LogP contribution in [0.2, 0.25) is 0 Å². The lowest BCUT2D eigenvalue weighted by Crippen LogP contribution is -2.29. The Hall–Kier alpha value is -3.57. The van der Waals surface area contributed by atoms with Crippen molar-refractivity contribution < 1.29 is 14.6 Å². The lowest BCUT2D eigenvalue weighted by Gasteiger charge is -2.27. The number of nitrogens with zero attached hydrogens (tertiary/aromatic N) is 8. The molecule has 0 saturated heterocycles. The number of ether oxygens (including phenoxy) is 1. The van der Waals surface area contributed by atoms with Crippen LogP contribution in [0.1, 0.15) is 56.8 Å². The van der Waals surface area contributed by atoms with Crippen molar-refractivity contribution in [1.82, 2.24) is 40.2 Å². The molecule has 1 saturated carbocycles. The maximum Gasteiger partial charge on any atom is 0.306 e. The molecule has 0 radical (unpaired) electrons. The number of rotatable bonds is 10. The topological polar surface area (TPSA) is 146 Å². The van der Waals surface area contributed by atoms with Gasteiger partial charge in [-0.2, -0.15) is 4.80 Å². The van der Waals surface area contributed by atoms with Gasteiger partial charge >= 0.3 is 5.97 Å². The minimum Gasteiger partial charge on any atom is -0.489 e. The summed E-state index contributed by atoms with van der Waals surface area (Å²) in [6, 6.07) is 3.71. The standard InChI is InChI=1S/C22H31N9O3/c1-4-5-11-23-22-26-29-31(27-22)13-18-20(25-28-30(18)3)17-9-10-19(14(2)24-17)34-16-8-6-7-15(12-16)21(32)33/h9-10,15-16H,4-8,11-13H2,1-3H3,(H,23,27)(H,32,33)/t15-,16-/m0/s1. The molecule has 2 atom stereocenters. The van der Waals surface area contributed by atoms with Crippen molar-refractivity contribution in [2.45, 2.75) is 65.0 Å². The predicted octanol–water partition coefficient (Wildman–Crippen LogP) is 2.45. The Morgan fingerprint density at radius 3 is 2.88 bits per heavy atom. The summed E-state index contributed by atoms with van der Waals surface area (Å²) in [7, 11) is 1.81. The fourth-order valence-corrected chi connectivity index (χ4v) is 4.11. The second kappa shape index (κ2) is 10.6. The van der Waals surface area contributed by atoms with Crippen LogP contribution in [0, 0.1) is 12.8 Å². The lowest BCUT2D eigenvalue weighted by atomic mass is 9.87. The van der Waals surface area contributed by atoms with Gasteiger partial charge in [0.15, 0.2) is 0 Å². The molecule has 0 spiro atoms. The van der Waals surface area contributed by atoms with Gasteiger partial charge in [0.2, 0.25) is 0 Å². The molecule has 0 unspecified atom stereocenters. The summed E-state index contributed by atoms with van der Waals surface area (Å²) >= 11 is 0. The molecule has 0 aromatic carbocycles. The average Bonchev–Trinajstić information content (AvgIpc) is 3.42. The van der Waals surface area contributed by atoms with Gasteiger partial charge in [-0.1, -0.05) is 23.7 Å². The van der Waals surface area contributed by atoms with Crippen LogP contribution >= 0.6 is 0 Å². The third kappa shape index (κ3) is 5.49. The summed E-state index contributed by atoms with van der Waals surface area (Å²) in [5.74, 6) is 0.0556. The van der Waals surface area contributed by atoms with Crippen molar-refractivity contribution in [2.24, 2.45) is 13.0 Å². The largest absolute Gasteiger partial charge is 0.489 e. The highest BCUT2D eigenvalue weighted by Gasteiger charge is 2.28. The number of hydrogen-bond acceptors (Lipinski definition) is 9. The van der Waals surface area contributed by atoms with E-state index in [-0.39, 0.29) is 12.0 Å². The van der Waals surface area contributed by atoms with Crippen molar-refractivity contribution >= 4 is 11.9 Å². The molecule has 12 heteroatoms. The van der Waals surface area contributed by atoms with E-state index in [1.165, 1.54) is 4.80 Å². The van der Waals surface area contributed by atoms with Crippen LogP contribution in [-0.2, 0) is 18.4 Å².